The molecule has 0 unspecified atom stereocenters. The maximum Gasteiger partial charge on any atom is 0.0491 e. The van der Waals surface area contributed by atoms with Crippen LogP contribution in [0, 0.1) is 0 Å². The van der Waals surface area contributed by atoms with Crippen LogP contribution in [0.4, 0.5) is 5.69 Å². The first-order chi connectivity index (χ1) is 11.9. The van der Waals surface area contributed by atoms with E-state index in [-0.39, 0.29) is 0 Å². The van der Waals surface area contributed by atoms with E-state index in [1.54, 1.807) is 0 Å². The Labute approximate surface area is 141 Å². The zero-order valence-corrected chi connectivity index (χ0v) is 13.8. The number of para-hydroxylation sites is 2. The number of anilines is 1. The lowest BCUT2D eigenvalue weighted by atomic mass is 10.1. The minimum Gasteiger partial charge on any atom is -0.341 e. The molecule has 0 fully saturated rings. The zero-order valence-electron chi connectivity index (χ0n) is 13.8. The molecule has 2 N–H and O–H groups in total. The molecule has 3 heteroatoms. The van der Waals surface area contributed by atoms with Gasteiger partial charge in [0.2, 0.25) is 0 Å². The predicted octanol–water partition coefficient (Wildman–Crippen LogP) is 4.93. The molecule has 0 aliphatic heterocycles. The van der Waals surface area contributed by atoms with Crippen molar-refractivity contribution in [1.82, 2.24) is 9.99 Å². The van der Waals surface area contributed by atoms with Crippen molar-refractivity contribution in [3.63, 3.8) is 0 Å². The number of fused-ring (bicyclic) bond motifs is 3. The van der Waals surface area contributed by atoms with Crippen molar-refractivity contribution >= 4 is 27.5 Å². The van der Waals surface area contributed by atoms with E-state index in [0.717, 1.165) is 18.8 Å². The van der Waals surface area contributed by atoms with Crippen molar-refractivity contribution < 1.29 is 0 Å². The van der Waals surface area contributed by atoms with Crippen molar-refractivity contribution in [2.75, 3.05) is 5.43 Å². The van der Waals surface area contributed by atoms with E-state index in [0.29, 0.717) is 0 Å². The second-order valence-corrected chi connectivity index (χ2v) is 5.96. The van der Waals surface area contributed by atoms with Crippen molar-refractivity contribution in [1.29, 1.82) is 0 Å². The highest BCUT2D eigenvalue weighted by Crippen LogP contribution is 2.29. The molecule has 0 bridgehead atoms. The summed E-state index contributed by atoms with van der Waals surface area (Å²) < 4.78 is 2.38. The first-order valence-corrected chi connectivity index (χ1v) is 8.40. The van der Waals surface area contributed by atoms with Gasteiger partial charge in [-0.15, -0.1) is 0 Å². The molecular formula is C21H21N3. The highest BCUT2D eigenvalue weighted by atomic mass is 15.3. The fraction of sp³-hybridized carbons (Fsp3) is 0.143. The molecule has 0 saturated carbocycles. The number of aromatic nitrogens is 1. The minimum absolute atomic E-state index is 0.774. The van der Waals surface area contributed by atoms with Crippen LogP contribution >= 0.6 is 0 Å². The molecule has 0 radical (unpaired) electrons. The lowest BCUT2D eigenvalue weighted by Crippen LogP contribution is -2.20. The highest BCUT2D eigenvalue weighted by molar-refractivity contribution is 6.08. The number of hydrazine groups is 1. The van der Waals surface area contributed by atoms with Crippen LogP contribution in [0.1, 0.15) is 12.5 Å². The van der Waals surface area contributed by atoms with Crippen LogP contribution in [-0.4, -0.2) is 4.57 Å². The van der Waals surface area contributed by atoms with Gasteiger partial charge in [-0.3, -0.25) is 0 Å². The average molecular weight is 315 g/mol. The van der Waals surface area contributed by atoms with Gasteiger partial charge in [-0.05, 0) is 42.8 Å². The standard InChI is InChI=1S/C21H21N3/c1-2-24-20-11-7-6-10-18(20)19-14-16(12-13-21(19)24)15-22-23-17-8-4-3-5-9-17/h3-14,22-23H,2,15H2,1H3. The molecule has 120 valence electrons. The molecule has 0 amide bonds. The van der Waals surface area contributed by atoms with Crippen molar-refractivity contribution in [2.45, 2.75) is 20.0 Å². The van der Waals surface area contributed by atoms with Gasteiger partial charge in [0.25, 0.3) is 0 Å². The minimum atomic E-state index is 0.774. The third-order valence-electron chi connectivity index (χ3n) is 4.45. The summed E-state index contributed by atoms with van der Waals surface area (Å²) in [6.07, 6.45) is 0. The monoisotopic (exact) mass is 315 g/mol. The van der Waals surface area contributed by atoms with Crippen LogP contribution in [0.15, 0.2) is 72.8 Å². The number of hydrogen-bond acceptors (Lipinski definition) is 2. The summed E-state index contributed by atoms with van der Waals surface area (Å²) in [5.41, 5.74) is 11.5. The van der Waals surface area contributed by atoms with Gasteiger partial charge in [0.1, 0.15) is 0 Å². The maximum absolute atomic E-state index is 3.29. The second kappa shape index (κ2) is 6.38. The molecule has 4 aromatic rings. The molecule has 3 aromatic carbocycles. The van der Waals surface area contributed by atoms with Crippen LogP contribution < -0.4 is 10.9 Å². The Hall–Kier alpha value is -2.78. The van der Waals surface area contributed by atoms with E-state index in [1.807, 2.05) is 30.3 Å². The lowest BCUT2D eigenvalue weighted by molar-refractivity contribution is 0.801. The highest BCUT2D eigenvalue weighted by Gasteiger charge is 2.09. The van der Waals surface area contributed by atoms with Gasteiger partial charge < -0.3 is 9.99 Å². The summed E-state index contributed by atoms with van der Waals surface area (Å²) in [5.74, 6) is 0. The first kappa shape index (κ1) is 14.8. The number of benzene rings is 3. The topological polar surface area (TPSA) is 29.0 Å². The summed E-state index contributed by atoms with van der Waals surface area (Å²) in [6.45, 7) is 3.96. The van der Waals surface area contributed by atoms with Gasteiger partial charge in [0.15, 0.2) is 0 Å². The lowest BCUT2D eigenvalue weighted by Gasteiger charge is -2.09. The summed E-state index contributed by atoms with van der Waals surface area (Å²) in [5, 5.41) is 2.65. The van der Waals surface area contributed by atoms with Gasteiger partial charge in [0.05, 0.1) is 0 Å². The third-order valence-corrected chi connectivity index (χ3v) is 4.45. The normalized spacial score (nSPS) is 11.2. The number of nitrogens with zero attached hydrogens (tertiary/aromatic N) is 1. The van der Waals surface area contributed by atoms with E-state index in [4.69, 9.17) is 0 Å². The molecule has 0 atom stereocenters. The van der Waals surface area contributed by atoms with Gasteiger partial charge in [-0.25, -0.2) is 5.43 Å². The quantitative estimate of drug-likeness (QED) is 0.511. The molecule has 24 heavy (non-hydrogen) atoms. The molecule has 3 nitrogen and oxygen atoms in total. The largest absolute Gasteiger partial charge is 0.341 e. The second-order valence-electron chi connectivity index (χ2n) is 5.96. The SMILES string of the molecule is CCn1c2ccccc2c2cc(CNNc3ccccc3)ccc21. The number of hydrogen-bond donors (Lipinski definition) is 2. The Kier molecular flexibility index (Phi) is 3.93. The van der Waals surface area contributed by atoms with Crippen LogP contribution in [0.5, 0.6) is 0 Å². The van der Waals surface area contributed by atoms with Crippen molar-refractivity contribution in [3.05, 3.63) is 78.4 Å². The fourth-order valence-electron chi connectivity index (χ4n) is 3.32. The molecule has 1 heterocycles. The average Bonchev–Trinajstić information content (AvgIpc) is 2.96. The Balaban J connectivity index is 1.62. The Morgan fingerprint density at radius 1 is 0.792 bits per heavy atom. The van der Waals surface area contributed by atoms with Gasteiger partial charge >= 0.3 is 0 Å². The van der Waals surface area contributed by atoms with Crippen LogP contribution in [0.2, 0.25) is 0 Å². The van der Waals surface area contributed by atoms with Crippen LogP contribution in [-0.2, 0) is 13.1 Å². The summed E-state index contributed by atoms with van der Waals surface area (Å²) >= 11 is 0. The molecule has 1 aromatic heterocycles. The van der Waals surface area contributed by atoms with Gasteiger partial charge in [0, 0.05) is 40.6 Å². The Bertz CT molecular complexity index is 970. The van der Waals surface area contributed by atoms with Gasteiger partial charge in [-0.1, -0.05) is 42.5 Å². The number of nitrogens with one attached hydrogen (secondary N) is 2. The predicted molar refractivity (Wildman–Crippen MR) is 102 cm³/mol. The van der Waals surface area contributed by atoms with Gasteiger partial charge in [-0.2, -0.15) is 0 Å². The smallest absolute Gasteiger partial charge is 0.0491 e. The molecular weight excluding hydrogens is 294 g/mol. The Morgan fingerprint density at radius 2 is 1.54 bits per heavy atom. The van der Waals surface area contributed by atoms with Crippen molar-refractivity contribution in [2.24, 2.45) is 0 Å². The number of rotatable bonds is 5. The summed E-state index contributed by atoms with van der Waals surface area (Å²) in [6, 6.07) is 25.5. The molecule has 0 aliphatic carbocycles. The van der Waals surface area contributed by atoms with E-state index in [2.05, 4.69) is 64.8 Å². The maximum atomic E-state index is 3.29. The molecule has 0 spiro atoms. The number of aryl methyl sites for hydroxylation is 1. The Morgan fingerprint density at radius 3 is 2.38 bits per heavy atom. The van der Waals surface area contributed by atoms with Crippen LogP contribution in [0.25, 0.3) is 21.8 Å². The van der Waals surface area contributed by atoms with E-state index in [9.17, 15) is 0 Å². The first-order valence-electron chi connectivity index (χ1n) is 8.40. The van der Waals surface area contributed by atoms with E-state index < -0.39 is 0 Å². The van der Waals surface area contributed by atoms with E-state index >= 15 is 0 Å². The van der Waals surface area contributed by atoms with E-state index in [1.165, 1.54) is 27.4 Å². The van der Waals surface area contributed by atoms with Crippen LogP contribution in [0.3, 0.4) is 0 Å². The summed E-state index contributed by atoms with van der Waals surface area (Å²) in [4.78, 5) is 0. The summed E-state index contributed by atoms with van der Waals surface area (Å²) in [7, 11) is 0. The molecule has 0 aliphatic rings. The molecule has 0 saturated heterocycles. The third kappa shape index (κ3) is 2.63. The van der Waals surface area contributed by atoms with Crippen molar-refractivity contribution in [3.8, 4) is 0 Å². The zero-order chi connectivity index (χ0) is 16.4. The fourth-order valence-corrected chi connectivity index (χ4v) is 3.32. The molecule has 4 rings (SSSR count).